The molecule has 0 spiro atoms. The molecule has 290 valence electrons. The molecule has 0 N–H and O–H groups in total. The molecule has 9 aromatic carbocycles. The molecule has 0 atom stereocenters. The number of fused-ring (bicyclic) bond motifs is 8. The Bertz CT molecular complexity index is 3600. The molecule has 0 saturated carbocycles. The number of hydrogen-bond donors (Lipinski definition) is 0. The quantitative estimate of drug-likeness (QED) is 0.174. The summed E-state index contributed by atoms with van der Waals surface area (Å²) in [6.07, 6.45) is 0. The molecule has 4 heteroatoms. The molecule has 1 aliphatic rings. The van der Waals surface area contributed by atoms with Crippen LogP contribution in [0.5, 0.6) is 0 Å². The first-order valence-corrected chi connectivity index (χ1v) is 21.1. The fourth-order valence-electron chi connectivity index (χ4n) is 9.82. The topological polar surface area (TPSA) is 54.5 Å². The molecule has 1 aliphatic carbocycles. The smallest absolute Gasteiger partial charge is 0.160 e. The maximum absolute atomic E-state index is 10.0. The fourth-order valence-corrected chi connectivity index (χ4v) is 9.82. The lowest BCUT2D eigenvalue weighted by molar-refractivity contribution is 0.661. The minimum absolute atomic E-state index is 0.164. The van der Waals surface area contributed by atoms with E-state index in [0.29, 0.717) is 11.4 Å². The first-order chi connectivity index (χ1) is 30.4. The van der Waals surface area contributed by atoms with E-state index in [2.05, 4.69) is 200 Å². The zero-order valence-electron chi connectivity index (χ0n) is 34.3. The first-order valence-electron chi connectivity index (χ1n) is 21.1. The lowest BCUT2D eigenvalue weighted by Crippen LogP contribution is -2.15. The summed E-state index contributed by atoms with van der Waals surface area (Å²) in [6.45, 7) is 4.68. The van der Waals surface area contributed by atoms with E-state index in [1.807, 2.05) is 18.2 Å². The van der Waals surface area contributed by atoms with Gasteiger partial charge in [-0.3, -0.25) is 0 Å². The summed E-state index contributed by atoms with van der Waals surface area (Å²) in [5, 5.41) is 17.1. The molecule has 2 heterocycles. The zero-order chi connectivity index (χ0) is 41.5. The maximum Gasteiger partial charge on any atom is 0.160 e. The van der Waals surface area contributed by atoms with Crippen LogP contribution in [0, 0.1) is 11.3 Å². The van der Waals surface area contributed by atoms with Gasteiger partial charge in [-0.1, -0.05) is 141 Å². The van der Waals surface area contributed by atoms with Crippen LogP contribution >= 0.6 is 0 Å². The molecule has 11 aromatic rings. The Balaban J connectivity index is 1.13. The monoisotopic (exact) mass is 790 g/mol. The maximum atomic E-state index is 10.0. The molecular weight excluding hydrogens is 753 g/mol. The lowest BCUT2D eigenvalue weighted by Gasteiger charge is -2.22. The van der Waals surface area contributed by atoms with Crippen molar-refractivity contribution in [3.8, 4) is 67.9 Å². The average Bonchev–Trinajstić information content (AvgIpc) is 3.77. The Labute approximate surface area is 359 Å². The van der Waals surface area contributed by atoms with Gasteiger partial charge in [0.2, 0.25) is 0 Å². The van der Waals surface area contributed by atoms with Crippen LogP contribution in [0.25, 0.3) is 105 Å². The minimum atomic E-state index is -0.164. The summed E-state index contributed by atoms with van der Waals surface area (Å²) in [5.74, 6) is 0.622. The number of para-hydroxylation sites is 1. The van der Waals surface area contributed by atoms with Gasteiger partial charge in [-0.15, -0.1) is 0 Å². The van der Waals surface area contributed by atoms with E-state index in [1.54, 1.807) is 0 Å². The Kier molecular flexibility index (Phi) is 7.91. The number of nitriles is 1. The predicted molar refractivity (Wildman–Crippen MR) is 255 cm³/mol. The van der Waals surface area contributed by atoms with Gasteiger partial charge in [0.1, 0.15) is 0 Å². The summed E-state index contributed by atoms with van der Waals surface area (Å²) in [4.78, 5) is 10.8. The summed E-state index contributed by atoms with van der Waals surface area (Å²) < 4.78 is 2.41. The van der Waals surface area contributed by atoms with Crippen molar-refractivity contribution < 1.29 is 0 Å². The zero-order valence-corrected chi connectivity index (χ0v) is 34.3. The van der Waals surface area contributed by atoms with Crippen molar-refractivity contribution in [2.75, 3.05) is 0 Å². The predicted octanol–water partition coefficient (Wildman–Crippen LogP) is 14.7. The van der Waals surface area contributed by atoms with Crippen LogP contribution in [0.15, 0.2) is 194 Å². The molecule has 62 heavy (non-hydrogen) atoms. The third-order valence-electron chi connectivity index (χ3n) is 13.0. The number of hydrogen-bond acceptors (Lipinski definition) is 3. The van der Waals surface area contributed by atoms with Crippen molar-refractivity contribution >= 4 is 43.4 Å². The van der Waals surface area contributed by atoms with Gasteiger partial charge in [-0.25, -0.2) is 9.97 Å². The van der Waals surface area contributed by atoms with Gasteiger partial charge in [-0.2, -0.15) is 5.26 Å². The highest BCUT2D eigenvalue weighted by Crippen LogP contribution is 2.51. The lowest BCUT2D eigenvalue weighted by atomic mass is 9.82. The first kappa shape index (κ1) is 35.8. The Hall–Kier alpha value is -8.13. The van der Waals surface area contributed by atoms with E-state index in [4.69, 9.17) is 9.97 Å². The van der Waals surface area contributed by atoms with E-state index in [1.165, 1.54) is 43.8 Å². The largest absolute Gasteiger partial charge is 0.309 e. The summed E-state index contributed by atoms with van der Waals surface area (Å²) in [6, 6.07) is 71.3. The summed E-state index contributed by atoms with van der Waals surface area (Å²) in [5.41, 5.74) is 15.5. The Morgan fingerprint density at radius 3 is 1.81 bits per heavy atom. The molecular formula is C58H38N4. The van der Waals surface area contributed by atoms with Crippen molar-refractivity contribution in [3.63, 3.8) is 0 Å². The van der Waals surface area contributed by atoms with Crippen molar-refractivity contribution in [1.82, 2.24) is 14.5 Å². The minimum Gasteiger partial charge on any atom is -0.309 e. The SMILES string of the molecule is CC1(C)c2ccccc2-c2cc3c4ccccc4n(-c4cc(-c5cccc(C#N)c5)cc(-c5nc(-c6ccc7ccccc7c6)cc(-c6ccc7ccccc7c6)n5)c4)c3cc21. The van der Waals surface area contributed by atoms with Crippen molar-refractivity contribution in [2.24, 2.45) is 0 Å². The van der Waals surface area contributed by atoms with Gasteiger partial charge in [0, 0.05) is 38.6 Å². The van der Waals surface area contributed by atoms with Crippen LogP contribution in [0.3, 0.4) is 0 Å². The third-order valence-corrected chi connectivity index (χ3v) is 13.0. The number of aromatic nitrogens is 3. The van der Waals surface area contributed by atoms with Crippen LogP contribution in [-0.4, -0.2) is 14.5 Å². The molecule has 4 nitrogen and oxygen atoms in total. The Morgan fingerprint density at radius 1 is 0.435 bits per heavy atom. The summed E-state index contributed by atoms with van der Waals surface area (Å²) in [7, 11) is 0. The standard InChI is InChI=1S/C58H38N4/c1-58(2)51-20-9-7-18-47(51)49-32-50-48-19-8-10-21-55(48)62(56(50)33-52(49)58)46-30-44(39-17-11-12-36(26-39)35-59)29-45(31-46)57-60-53(42-24-22-37-13-3-5-15-40(37)27-42)34-54(61-57)43-25-23-38-14-4-6-16-41(38)28-43/h3-34H,1-2H3. The summed E-state index contributed by atoms with van der Waals surface area (Å²) >= 11 is 0. The molecule has 0 radical (unpaired) electrons. The number of rotatable bonds is 5. The van der Waals surface area contributed by atoms with Crippen LogP contribution in [0.2, 0.25) is 0 Å². The van der Waals surface area contributed by atoms with Crippen molar-refractivity contribution in [2.45, 2.75) is 19.3 Å². The van der Waals surface area contributed by atoms with Crippen LogP contribution in [0.4, 0.5) is 0 Å². The molecule has 0 bridgehead atoms. The normalized spacial score (nSPS) is 12.8. The van der Waals surface area contributed by atoms with Crippen LogP contribution in [0.1, 0.15) is 30.5 Å². The van der Waals surface area contributed by atoms with Gasteiger partial charge < -0.3 is 4.57 Å². The van der Waals surface area contributed by atoms with E-state index in [9.17, 15) is 5.26 Å². The third kappa shape index (κ3) is 5.67. The van der Waals surface area contributed by atoms with E-state index < -0.39 is 0 Å². The fraction of sp³-hybridized carbons (Fsp3) is 0.0517. The van der Waals surface area contributed by atoms with E-state index >= 15 is 0 Å². The van der Waals surface area contributed by atoms with Crippen molar-refractivity contribution in [3.05, 3.63) is 211 Å². The van der Waals surface area contributed by atoms with Gasteiger partial charge >= 0.3 is 0 Å². The second kappa shape index (κ2) is 13.7. The molecule has 0 unspecified atom stereocenters. The highest BCUT2D eigenvalue weighted by molar-refractivity contribution is 6.12. The van der Waals surface area contributed by atoms with Crippen LogP contribution < -0.4 is 0 Å². The van der Waals surface area contributed by atoms with E-state index in [-0.39, 0.29) is 5.41 Å². The highest BCUT2D eigenvalue weighted by atomic mass is 15.0. The molecule has 12 rings (SSSR count). The highest BCUT2D eigenvalue weighted by Gasteiger charge is 2.36. The van der Waals surface area contributed by atoms with Crippen molar-refractivity contribution in [1.29, 1.82) is 5.26 Å². The number of benzene rings is 9. The average molecular weight is 791 g/mol. The molecule has 0 fully saturated rings. The van der Waals surface area contributed by atoms with Gasteiger partial charge in [-0.05, 0) is 122 Å². The van der Waals surface area contributed by atoms with Gasteiger partial charge in [0.05, 0.1) is 34.1 Å². The number of nitrogens with zero attached hydrogens (tertiary/aromatic N) is 4. The van der Waals surface area contributed by atoms with Crippen LogP contribution in [-0.2, 0) is 5.41 Å². The molecule has 2 aromatic heterocycles. The van der Waals surface area contributed by atoms with Gasteiger partial charge in [0.25, 0.3) is 0 Å². The Morgan fingerprint density at radius 2 is 1.08 bits per heavy atom. The van der Waals surface area contributed by atoms with Gasteiger partial charge in [0.15, 0.2) is 5.82 Å². The molecule has 0 saturated heterocycles. The second-order valence-corrected chi connectivity index (χ2v) is 17.0. The second-order valence-electron chi connectivity index (χ2n) is 17.0. The molecule has 0 amide bonds. The molecule has 0 aliphatic heterocycles. The van der Waals surface area contributed by atoms with E-state index in [0.717, 1.165) is 66.7 Å².